The minimum absolute atomic E-state index is 0.0921. The summed E-state index contributed by atoms with van der Waals surface area (Å²) in [6, 6.07) is 12.8. The zero-order valence-electron chi connectivity index (χ0n) is 14.9. The third kappa shape index (κ3) is 4.99. The molecule has 2 aromatic carbocycles. The molecule has 3 aromatic rings. The molecule has 138 valence electrons. The summed E-state index contributed by atoms with van der Waals surface area (Å²) in [5.41, 5.74) is 3.26. The normalized spacial score (nSPS) is 10.6. The Labute approximate surface area is 166 Å². The van der Waals surface area contributed by atoms with Crippen molar-refractivity contribution >= 4 is 35.0 Å². The van der Waals surface area contributed by atoms with Crippen LogP contribution in [0.25, 0.3) is 5.69 Å². The highest BCUT2D eigenvalue weighted by Gasteiger charge is 2.11. The van der Waals surface area contributed by atoms with E-state index < -0.39 is 0 Å². The van der Waals surface area contributed by atoms with Gasteiger partial charge in [0.15, 0.2) is 5.03 Å². The first kappa shape index (κ1) is 19.2. The smallest absolute Gasteiger partial charge is 0.287 e. The predicted octanol–water partition coefficient (Wildman–Crippen LogP) is 4.23. The lowest BCUT2D eigenvalue weighted by atomic mass is 10.1. The maximum Gasteiger partial charge on any atom is 0.287 e. The van der Waals surface area contributed by atoms with Crippen LogP contribution in [0, 0.1) is 13.8 Å². The Balaban J connectivity index is 1.72. The van der Waals surface area contributed by atoms with Gasteiger partial charge in [-0.2, -0.15) is 0 Å². The highest BCUT2D eigenvalue weighted by molar-refractivity contribution is 7.99. The number of aromatic nitrogens is 2. The Kier molecular flexibility index (Phi) is 5.98. The van der Waals surface area contributed by atoms with Gasteiger partial charge < -0.3 is 5.32 Å². The van der Waals surface area contributed by atoms with E-state index in [4.69, 9.17) is 11.6 Å². The Hall–Kier alpha value is -2.57. The van der Waals surface area contributed by atoms with Gasteiger partial charge in [0.1, 0.15) is 0 Å². The number of amides is 1. The average Bonchev–Trinajstić information content (AvgIpc) is 2.60. The van der Waals surface area contributed by atoms with Crippen LogP contribution in [0.3, 0.4) is 0 Å². The Morgan fingerprint density at radius 2 is 1.93 bits per heavy atom. The van der Waals surface area contributed by atoms with Gasteiger partial charge in [-0.15, -0.1) is 0 Å². The molecule has 0 saturated heterocycles. The van der Waals surface area contributed by atoms with E-state index >= 15 is 0 Å². The molecule has 0 aliphatic carbocycles. The molecule has 0 fully saturated rings. The van der Waals surface area contributed by atoms with Gasteiger partial charge in [0.25, 0.3) is 5.56 Å². The second kappa shape index (κ2) is 8.41. The van der Waals surface area contributed by atoms with Gasteiger partial charge in [0, 0.05) is 23.1 Å². The van der Waals surface area contributed by atoms with Gasteiger partial charge in [-0.25, -0.2) is 4.98 Å². The van der Waals surface area contributed by atoms with E-state index in [2.05, 4.69) is 10.3 Å². The van der Waals surface area contributed by atoms with Crippen LogP contribution in [0.15, 0.2) is 64.7 Å². The molecule has 0 bridgehead atoms. The summed E-state index contributed by atoms with van der Waals surface area (Å²) >= 11 is 7.11. The molecule has 0 saturated carbocycles. The first-order valence-corrected chi connectivity index (χ1v) is 9.63. The second-order valence-corrected chi connectivity index (χ2v) is 7.50. The number of carbonyl (C=O) groups excluding carboxylic acids is 1. The quantitative estimate of drug-likeness (QED) is 0.652. The molecule has 0 aliphatic rings. The van der Waals surface area contributed by atoms with Crippen molar-refractivity contribution < 1.29 is 4.79 Å². The third-order valence-electron chi connectivity index (χ3n) is 3.74. The van der Waals surface area contributed by atoms with E-state index in [0.717, 1.165) is 28.6 Å². The monoisotopic (exact) mass is 399 g/mol. The van der Waals surface area contributed by atoms with Crippen LogP contribution in [0.1, 0.15) is 11.1 Å². The lowest BCUT2D eigenvalue weighted by Crippen LogP contribution is -2.22. The number of anilines is 1. The van der Waals surface area contributed by atoms with E-state index in [9.17, 15) is 9.59 Å². The van der Waals surface area contributed by atoms with Gasteiger partial charge >= 0.3 is 0 Å². The Morgan fingerprint density at radius 1 is 1.19 bits per heavy atom. The Bertz CT molecular complexity index is 1030. The summed E-state index contributed by atoms with van der Waals surface area (Å²) in [4.78, 5) is 29.0. The molecule has 5 nitrogen and oxygen atoms in total. The second-order valence-electron chi connectivity index (χ2n) is 6.10. The fraction of sp³-hybridized carbons (Fsp3) is 0.150. The summed E-state index contributed by atoms with van der Waals surface area (Å²) in [5, 5.41) is 3.65. The molecule has 1 N–H and O–H groups in total. The molecule has 3 rings (SSSR count). The van der Waals surface area contributed by atoms with E-state index in [0.29, 0.717) is 10.7 Å². The number of halogens is 1. The number of rotatable bonds is 5. The summed E-state index contributed by atoms with van der Waals surface area (Å²) in [7, 11) is 0. The van der Waals surface area contributed by atoms with Gasteiger partial charge in [-0.3, -0.25) is 14.2 Å². The molecule has 0 atom stereocenters. The fourth-order valence-electron chi connectivity index (χ4n) is 2.70. The van der Waals surface area contributed by atoms with Crippen molar-refractivity contribution in [3.05, 3.63) is 81.4 Å². The zero-order valence-corrected chi connectivity index (χ0v) is 16.5. The maximum atomic E-state index is 12.6. The van der Waals surface area contributed by atoms with Crippen LogP contribution < -0.4 is 10.9 Å². The average molecular weight is 400 g/mol. The van der Waals surface area contributed by atoms with E-state index in [-0.39, 0.29) is 22.2 Å². The summed E-state index contributed by atoms with van der Waals surface area (Å²) < 4.78 is 1.46. The van der Waals surface area contributed by atoms with E-state index in [1.807, 2.05) is 32.0 Å². The maximum absolute atomic E-state index is 12.6. The van der Waals surface area contributed by atoms with Gasteiger partial charge in [0.05, 0.1) is 11.4 Å². The van der Waals surface area contributed by atoms with Crippen molar-refractivity contribution in [2.75, 3.05) is 11.1 Å². The number of nitrogens with one attached hydrogen (secondary N) is 1. The lowest BCUT2D eigenvalue weighted by molar-refractivity contribution is -0.113. The molecular weight excluding hydrogens is 382 g/mol. The molecule has 0 unspecified atom stereocenters. The first-order valence-electron chi connectivity index (χ1n) is 8.27. The standard InChI is InChI=1S/C20H18ClN3O2S/c1-13-8-14(2)10-16(9-13)23-18(25)12-27-19-20(26)24(7-6-22-19)17-5-3-4-15(21)11-17/h3-11H,12H2,1-2H3,(H,23,25). The fourth-order valence-corrected chi connectivity index (χ4v) is 3.58. The molecule has 7 heteroatoms. The van der Waals surface area contributed by atoms with Crippen LogP contribution >= 0.6 is 23.4 Å². The van der Waals surface area contributed by atoms with E-state index in [1.165, 1.54) is 10.8 Å². The molecule has 1 amide bonds. The summed E-state index contributed by atoms with van der Waals surface area (Å²) in [6.07, 6.45) is 3.11. The van der Waals surface area contributed by atoms with Crippen LogP contribution in [-0.4, -0.2) is 21.2 Å². The van der Waals surface area contributed by atoms with Crippen molar-refractivity contribution in [1.29, 1.82) is 0 Å². The Morgan fingerprint density at radius 3 is 2.63 bits per heavy atom. The summed E-state index contributed by atoms with van der Waals surface area (Å²) in [5.74, 6) is -0.0984. The summed E-state index contributed by atoms with van der Waals surface area (Å²) in [6.45, 7) is 3.95. The van der Waals surface area contributed by atoms with Crippen LogP contribution in [0.4, 0.5) is 5.69 Å². The van der Waals surface area contributed by atoms with Crippen molar-refractivity contribution in [3.8, 4) is 5.69 Å². The van der Waals surface area contributed by atoms with Crippen LogP contribution in [-0.2, 0) is 4.79 Å². The topological polar surface area (TPSA) is 64.0 Å². The largest absolute Gasteiger partial charge is 0.325 e. The molecular formula is C20H18ClN3O2S. The highest BCUT2D eigenvalue weighted by atomic mass is 35.5. The number of aryl methyl sites for hydroxylation is 2. The third-order valence-corrected chi connectivity index (χ3v) is 4.94. The van der Waals surface area contributed by atoms with Crippen LogP contribution in [0.5, 0.6) is 0 Å². The molecule has 0 spiro atoms. The van der Waals surface area contributed by atoms with Gasteiger partial charge in [0.2, 0.25) is 5.91 Å². The molecule has 0 aliphatic heterocycles. The number of benzene rings is 2. The SMILES string of the molecule is Cc1cc(C)cc(NC(=O)CSc2nccn(-c3cccc(Cl)c3)c2=O)c1. The zero-order chi connectivity index (χ0) is 19.4. The minimum atomic E-state index is -0.288. The van der Waals surface area contributed by atoms with Crippen molar-refractivity contribution in [2.24, 2.45) is 0 Å². The van der Waals surface area contributed by atoms with Crippen molar-refractivity contribution in [2.45, 2.75) is 18.9 Å². The number of thioether (sulfide) groups is 1. The van der Waals surface area contributed by atoms with Crippen molar-refractivity contribution in [1.82, 2.24) is 9.55 Å². The number of carbonyl (C=O) groups is 1. The minimum Gasteiger partial charge on any atom is -0.325 e. The number of hydrogen-bond acceptors (Lipinski definition) is 4. The molecule has 1 aromatic heterocycles. The predicted molar refractivity (Wildman–Crippen MR) is 110 cm³/mol. The van der Waals surface area contributed by atoms with Gasteiger partial charge in [-0.1, -0.05) is 35.5 Å². The first-order chi connectivity index (χ1) is 12.9. The van der Waals surface area contributed by atoms with Crippen molar-refractivity contribution in [3.63, 3.8) is 0 Å². The molecule has 0 radical (unpaired) electrons. The molecule has 27 heavy (non-hydrogen) atoms. The van der Waals surface area contributed by atoms with E-state index in [1.54, 1.807) is 30.5 Å². The van der Waals surface area contributed by atoms with Gasteiger partial charge in [-0.05, 0) is 55.3 Å². The van der Waals surface area contributed by atoms with Crippen LogP contribution in [0.2, 0.25) is 5.02 Å². The lowest BCUT2D eigenvalue weighted by Gasteiger charge is -2.09. The number of hydrogen-bond donors (Lipinski definition) is 1. The number of nitrogens with zero attached hydrogens (tertiary/aromatic N) is 2. The molecule has 1 heterocycles. The highest BCUT2D eigenvalue weighted by Crippen LogP contribution is 2.17.